The van der Waals surface area contributed by atoms with E-state index in [9.17, 15) is 0 Å². The number of aliphatic hydroxyl groups excluding tert-OH is 2. The molecule has 0 aromatic heterocycles. The third-order valence-electron chi connectivity index (χ3n) is 2.13. The predicted molar refractivity (Wildman–Crippen MR) is 54.7 cm³/mol. The maximum absolute atomic E-state index is 9.16. The van der Waals surface area contributed by atoms with Gasteiger partial charge in [0.1, 0.15) is 0 Å². The first-order valence-electron chi connectivity index (χ1n) is 5.20. The lowest BCUT2D eigenvalue weighted by Gasteiger charge is -2.14. The molecule has 0 fully saturated rings. The lowest BCUT2D eigenvalue weighted by Crippen LogP contribution is -2.21. The molecule has 0 aromatic rings. The first kappa shape index (κ1) is 12.9. The van der Waals surface area contributed by atoms with E-state index in [1.165, 1.54) is 0 Å². The van der Waals surface area contributed by atoms with Gasteiger partial charge in [0.2, 0.25) is 0 Å². The van der Waals surface area contributed by atoms with Crippen LogP contribution in [0.4, 0.5) is 0 Å². The highest BCUT2D eigenvalue weighted by Crippen LogP contribution is 2.09. The van der Waals surface area contributed by atoms with Gasteiger partial charge in [-0.1, -0.05) is 13.8 Å². The van der Waals surface area contributed by atoms with Crippen molar-refractivity contribution in [3.8, 4) is 0 Å². The van der Waals surface area contributed by atoms with E-state index in [1.807, 2.05) is 0 Å². The smallest absolute Gasteiger partial charge is 0.0773 e. The summed E-state index contributed by atoms with van der Waals surface area (Å²) in [6, 6.07) is 0. The number of rotatable bonds is 8. The van der Waals surface area contributed by atoms with Crippen molar-refractivity contribution < 1.29 is 10.2 Å². The topological polar surface area (TPSA) is 52.5 Å². The predicted octanol–water partition coefficient (Wildman–Crippen LogP) is 0.756. The third kappa shape index (κ3) is 8.22. The molecule has 0 rings (SSSR count). The minimum absolute atomic E-state index is 0.118. The molecule has 0 spiro atoms. The molecule has 0 radical (unpaired) electrons. The quantitative estimate of drug-likeness (QED) is 0.494. The van der Waals surface area contributed by atoms with Crippen LogP contribution in [0.15, 0.2) is 0 Å². The molecule has 13 heavy (non-hydrogen) atoms. The van der Waals surface area contributed by atoms with Gasteiger partial charge in [-0.2, -0.15) is 0 Å². The average molecular weight is 189 g/mol. The zero-order chi connectivity index (χ0) is 10.1. The van der Waals surface area contributed by atoms with E-state index in [-0.39, 0.29) is 6.61 Å². The van der Waals surface area contributed by atoms with Crippen LogP contribution in [0.2, 0.25) is 0 Å². The number of hydrogen-bond acceptors (Lipinski definition) is 3. The summed E-state index contributed by atoms with van der Waals surface area (Å²) in [6.45, 7) is 6.20. The van der Waals surface area contributed by atoms with Gasteiger partial charge >= 0.3 is 0 Å². The summed E-state index contributed by atoms with van der Waals surface area (Å²) in [6.07, 6.45) is 2.39. The van der Waals surface area contributed by atoms with Crippen LogP contribution in [-0.4, -0.2) is 36.0 Å². The highest BCUT2D eigenvalue weighted by Gasteiger charge is 2.08. The molecule has 2 unspecified atom stereocenters. The Morgan fingerprint density at radius 3 is 2.54 bits per heavy atom. The van der Waals surface area contributed by atoms with Gasteiger partial charge in [0, 0.05) is 0 Å². The Hall–Kier alpha value is -0.120. The fraction of sp³-hybridized carbons (Fsp3) is 1.00. The molecule has 0 heterocycles. The monoisotopic (exact) mass is 189 g/mol. The van der Waals surface area contributed by atoms with Crippen molar-refractivity contribution >= 4 is 0 Å². The number of hydrogen-bond donors (Lipinski definition) is 3. The Balaban J connectivity index is 3.24. The molecular formula is C10H23NO2. The Bertz CT molecular complexity index is 109. The molecule has 2 atom stereocenters. The van der Waals surface area contributed by atoms with Crippen LogP contribution in [0.1, 0.15) is 33.1 Å². The van der Waals surface area contributed by atoms with Crippen molar-refractivity contribution in [2.45, 2.75) is 39.2 Å². The van der Waals surface area contributed by atoms with Crippen LogP contribution in [0.5, 0.6) is 0 Å². The van der Waals surface area contributed by atoms with E-state index in [4.69, 9.17) is 10.2 Å². The van der Waals surface area contributed by atoms with E-state index in [2.05, 4.69) is 19.2 Å². The van der Waals surface area contributed by atoms with Crippen LogP contribution in [0.25, 0.3) is 0 Å². The number of aliphatic hydroxyl groups is 2. The maximum Gasteiger partial charge on any atom is 0.0773 e. The van der Waals surface area contributed by atoms with Crippen LogP contribution in [0, 0.1) is 5.92 Å². The fourth-order valence-corrected chi connectivity index (χ4v) is 1.31. The van der Waals surface area contributed by atoms with Crippen molar-refractivity contribution in [1.82, 2.24) is 5.32 Å². The minimum Gasteiger partial charge on any atom is -0.394 e. The molecule has 3 N–H and O–H groups in total. The summed E-state index contributed by atoms with van der Waals surface area (Å²) in [7, 11) is 0. The largest absolute Gasteiger partial charge is 0.394 e. The molecule has 0 aliphatic carbocycles. The Morgan fingerprint density at radius 2 is 2.00 bits per heavy atom. The van der Waals surface area contributed by atoms with E-state index < -0.39 is 6.10 Å². The van der Waals surface area contributed by atoms with Crippen molar-refractivity contribution in [3.05, 3.63) is 0 Å². The van der Waals surface area contributed by atoms with Gasteiger partial charge in [0.05, 0.1) is 12.7 Å². The first-order chi connectivity index (χ1) is 6.20. The molecule has 0 aliphatic rings. The second-order valence-electron chi connectivity index (χ2n) is 3.72. The molecule has 0 aromatic carbocycles. The zero-order valence-electron chi connectivity index (χ0n) is 8.79. The molecule has 0 aliphatic heterocycles. The minimum atomic E-state index is -0.541. The van der Waals surface area contributed by atoms with E-state index in [0.29, 0.717) is 12.3 Å². The zero-order valence-corrected chi connectivity index (χ0v) is 8.79. The van der Waals surface area contributed by atoms with Crippen LogP contribution in [0.3, 0.4) is 0 Å². The molecular weight excluding hydrogens is 166 g/mol. The van der Waals surface area contributed by atoms with Gasteiger partial charge in [0.15, 0.2) is 0 Å². The summed E-state index contributed by atoms with van der Waals surface area (Å²) >= 11 is 0. The van der Waals surface area contributed by atoms with Gasteiger partial charge in [0.25, 0.3) is 0 Å². The Labute approximate surface area is 81.2 Å². The average Bonchev–Trinajstić information content (AvgIpc) is 2.12. The number of nitrogens with one attached hydrogen (secondary N) is 1. The van der Waals surface area contributed by atoms with Crippen LogP contribution < -0.4 is 5.32 Å². The van der Waals surface area contributed by atoms with Gasteiger partial charge in [-0.3, -0.25) is 0 Å². The molecule has 80 valence electrons. The molecule has 0 saturated heterocycles. The van der Waals surface area contributed by atoms with E-state index in [1.54, 1.807) is 0 Å². The summed E-state index contributed by atoms with van der Waals surface area (Å²) in [4.78, 5) is 0. The highest BCUT2D eigenvalue weighted by atomic mass is 16.3. The second kappa shape index (κ2) is 8.48. The van der Waals surface area contributed by atoms with Gasteiger partial charge in [-0.25, -0.2) is 0 Å². The molecule has 3 heteroatoms. The maximum atomic E-state index is 9.16. The second-order valence-corrected chi connectivity index (χ2v) is 3.72. The van der Waals surface area contributed by atoms with Crippen molar-refractivity contribution in [1.29, 1.82) is 0 Å². The van der Waals surface area contributed by atoms with Crippen LogP contribution >= 0.6 is 0 Å². The van der Waals surface area contributed by atoms with Crippen molar-refractivity contribution in [2.24, 2.45) is 5.92 Å². The van der Waals surface area contributed by atoms with Crippen LogP contribution in [-0.2, 0) is 0 Å². The lowest BCUT2D eigenvalue weighted by molar-refractivity contribution is 0.0751. The summed E-state index contributed by atoms with van der Waals surface area (Å²) in [5, 5.41) is 21.1. The molecule has 0 amide bonds. The SMILES string of the molecule is CCCNCCC(C)CC(O)CO. The molecule has 3 nitrogen and oxygen atoms in total. The van der Waals surface area contributed by atoms with Gasteiger partial charge < -0.3 is 15.5 Å². The first-order valence-corrected chi connectivity index (χ1v) is 5.20. The Kier molecular flexibility index (Phi) is 8.40. The normalized spacial score (nSPS) is 15.7. The van der Waals surface area contributed by atoms with Crippen molar-refractivity contribution in [3.63, 3.8) is 0 Å². The third-order valence-corrected chi connectivity index (χ3v) is 2.13. The van der Waals surface area contributed by atoms with Crippen molar-refractivity contribution in [2.75, 3.05) is 19.7 Å². The Morgan fingerprint density at radius 1 is 1.31 bits per heavy atom. The molecule has 0 bridgehead atoms. The highest BCUT2D eigenvalue weighted by molar-refractivity contribution is 4.61. The lowest BCUT2D eigenvalue weighted by atomic mass is 10.0. The van der Waals surface area contributed by atoms with Gasteiger partial charge in [-0.05, 0) is 38.3 Å². The summed E-state index contributed by atoms with van der Waals surface area (Å²) in [5.41, 5.74) is 0. The van der Waals surface area contributed by atoms with Gasteiger partial charge in [-0.15, -0.1) is 0 Å². The van der Waals surface area contributed by atoms with E-state index >= 15 is 0 Å². The molecule has 0 saturated carbocycles. The van der Waals surface area contributed by atoms with E-state index in [0.717, 1.165) is 25.9 Å². The summed E-state index contributed by atoms with van der Waals surface area (Å²) in [5.74, 6) is 0.478. The fourth-order valence-electron chi connectivity index (χ4n) is 1.31. The standard InChI is InChI=1S/C10H23NO2/c1-3-5-11-6-4-9(2)7-10(13)8-12/h9-13H,3-8H2,1-2H3. The summed E-state index contributed by atoms with van der Waals surface area (Å²) < 4.78 is 0.